The first-order valence-electron chi connectivity index (χ1n) is 5.28. The lowest BCUT2D eigenvalue weighted by Crippen LogP contribution is -1.94. The minimum Gasteiger partial charge on any atom is -0.327 e. The molecular weight excluding hydrogens is 158 g/mol. The van der Waals surface area contributed by atoms with Crippen LogP contribution < -0.4 is 0 Å². The van der Waals surface area contributed by atoms with Gasteiger partial charge in [0.15, 0.2) is 0 Å². The van der Waals surface area contributed by atoms with Crippen LogP contribution in [0.4, 0.5) is 0 Å². The molecular formula is C12H15N. The minimum absolute atomic E-state index is 0.704. The highest BCUT2D eigenvalue weighted by atomic mass is 15.0. The molecule has 68 valence electrons. The average Bonchev–Trinajstić information content (AvgIpc) is 2.72. The zero-order valence-corrected chi connectivity index (χ0v) is 7.82. The second-order valence-corrected chi connectivity index (χ2v) is 4.31. The van der Waals surface area contributed by atoms with Crippen molar-refractivity contribution in [3.05, 3.63) is 30.1 Å². The molecule has 1 aliphatic carbocycles. The van der Waals surface area contributed by atoms with Crippen LogP contribution in [0.5, 0.6) is 0 Å². The second kappa shape index (κ2) is 2.76. The van der Waals surface area contributed by atoms with Gasteiger partial charge in [0, 0.05) is 24.0 Å². The lowest BCUT2D eigenvalue weighted by atomic mass is 9.99. The first kappa shape index (κ1) is 7.43. The molecule has 1 aromatic rings. The molecule has 2 aliphatic rings. The standard InChI is InChI=1S/C12H15N/c1-2-12-11(6-5-10-3-4-10)7-9-13(12)8-1/h1-2,7-11H,3-6H2. The quantitative estimate of drug-likeness (QED) is 0.661. The normalized spacial score (nSPS) is 25.1. The van der Waals surface area contributed by atoms with Gasteiger partial charge in [-0.2, -0.15) is 0 Å². The maximum atomic E-state index is 2.34. The number of nitrogens with zero attached hydrogens (tertiary/aromatic N) is 1. The third kappa shape index (κ3) is 1.32. The predicted molar refractivity (Wildman–Crippen MR) is 54.5 cm³/mol. The van der Waals surface area contributed by atoms with Gasteiger partial charge >= 0.3 is 0 Å². The Hall–Kier alpha value is -0.980. The Kier molecular flexibility index (Phi) is 1.58. The van der Waals surface area contributed by atoms with Gasteiger partial charge in [-0.25, -0.2) is 0 Å². The molecule has 2 heterocycles. The Morgan fingerprint density at radius 2 is 2.23 bits per heavy atom. The first-order valence-corrected chi connectivity index (χ1v) is 5.28. The van der Waals surface area contributed by atoms with Gasteiger partial charge in [-0.15, -0.1) is 0 Å². The Morgan fingerprint density at radius 3 is 3.08 bits per heavy atom. The molecule has 1 heteroatoms. The molecule has 0 amide bonds. The van der Waals surface area contributed by atoms with E-state index in [0.29, 0.717) is 5.92 Å². The summed E-state index contributed by atoms with van der Waals surface area (Å²) < 4.78 is 2.25. The summed E-state index contributed by atoms with van der Waals surface area (Å²) in [5.41, 5.74) is 1.49. The van der Waals surface area contributed by atoms with Crippen molar-refractivity contribution in [2.75, 3.05) is 0 Å². The molecule has 0 radical (unpaired) electrons. The van der Waals surface area contributed by atoms with Crippen LogP contribution in [0.1, 0.15) is 37.3 Å². The van der Waals surface area contributed by atoms with Gasteiger partial charge < -0.3 is 4.57 Å². The fraction of sp³-hybridized carbons (Fsp3) is 0.500. The Balaban J connectivity index is 1.69. The summed E-state index contributed by atoms with van der Waals surface area (Å²) in [5, 5.41) is 0. The summed E-state index contributed by atoms with van der Waals surface area (Å²) in [4.78, 5) is 0. The van der Waals surface area contributed by atoms with Gasteiger partial charge in [0.1, 0.15) is 0 Å². The topological polar surface area (TPSA) is 4.93 Å². The molecule has 3 rings (SSSR count). The van der Waals surface area contributed by atoms with Crippen molar-refractivity contribution in [2.24, 2.45) is 5.92 Å². The molecule has 1 fully saturated rings. The SMILES string of the molecule is C1=Cn2cccc2C1CCC1CC1. The van der Waals surface area contributed by atoms with Crippen LogP contribution in [0, 0.1) is 5.92 Å². The van der Waals surface area contributed by atoms with E-state index in [0.717, 1.165) is 5.92 Å². The van der Waals surface area contributed by atoms with Crippen molar-refractivity contribution in [1.82, 2.24) is 4.57 Å². The van der Waals surface area contributed by atoms with Gasteiger partial charge in [0.25, 0.3) is 0 Å². The Labute approximate surface area is 79.1 Å². The van der Waals surface area contributed by atoms with Crippen molar-refractivity contribution in [2.45, 2.75) is 31.6 Å². The fourth-order valence-electron chi connectivity index (χ4n) is 2.22. The van der Waals surface area contributed by atoms with Crippen LogP contribution in [0.15, 0.2) is 24.4 Å². The highest BCUT2D eigenvalue weighted by molar-refractivity contribution is 5.40. The molecule has 1 nitrogen and oxygen atoms in total. The molecule has 0 N–H and O–H groups in total. The number of allylic oxidation sites excluding steroid dienone is 1. The first-order chi connectivity index (χ1) is 6.43. The monoisotopic (exact) mass is 173 g/mol. The molecule has 1 atom stereocenters. The molecule has 1 unspecified atom stereocenters. The second-order valence-electron chi connectivity index (χ2n) is 4.31. The summed E-state index contributed by atoms with van der Waals surface area (Å²) in [6, 6.07) is 4.39. The zero-order chi connectivity index (χ0) is 8.67. The number of rotatable bonds is 3. The summed E-state index contributed by atoms with van der Waals surface area (Å²) in [6.45, 7) is 0. The summed E-state index contributed by atoms with van der Waals surface area (Å²) >= 11 is 0. The molecule has 0 aromatic carbocycles. The number of fused-ring (bicyclic) bond motifs is 1. The molecule has 1 saturated carbocycles. The van der Waals surface area contributed by atoms with Crippen LogP contribution in [0.2, 0.25) is 0 Å². The van der Waals surface area contributed by atoms with Gasteiger partial charge in [0.05, 0.1) is 0 Å². The van der Waals surface area contributed by atoms with Gasteiger partial charge in [-0.3, -0.25) is 0 Å². The molecule has 1 aromatic heterocycles. The molecule has 0 spiro atoms. The maximum Gasteiger partial charge on any atom is 0.0290 e. The van der Waals surface area contributed by atoms with Crippen LogP contribution >= 0.6 is 0 Å². The zero-order valence-electron chi connectivity index (χ0n) is 7.82. The van der Waals surface area contributed by atoms with E-state index in [-0.39, 0.29) is 0 Å². The van der Waals surface area contributed by atoms with Crippen molar-refractivity contribution < 1.29 is 0 Å². The van der Waals surface area contributed by atoms with Gasteiger partial charge in [-0.05, 0) is 30.9 Å². The van der Waals surface area contributed by atoms with E-state index in [4.69, 9.17) is 0 Å². The number of hydrogen-bond acceptors (Lipinski definition) is 0. The van der Waals surface area contributed by atoms with E-state index in [1.807, 2.05) is 0 Å². The average molecular weight is 173 g/mol. The molecule has 1 aliphatic heterocycles. The lowest BCUT2D eigenvalue weighted by Gasteiger charge is -2.07. The third-order valence-corrected chi connectivity index (χ3v) is 3.25. The van der Waals surface area contributed by atoms with Gasteiger partial charge in [0.2, 0.25) is 0 Å². The lowest BCUT2D eigenvalue weighted by molar-refractivity contribution is 0.621. The highest BCUT2D eigenvalue weighted by Gasteiger charge is 2.24. The predicted octanol–water partition coefficient (Wildman–Crippen LogP) is 3.25. The van der Waals surface area contributed by atoms with E-state index in [9.17, 15) is 0 Å². The molecule has 0 saturated heterocycles. The van der Waals surface area contributed by atoms with Crippen molar-refractivity contribution in [1.29, 1.82) is 0 Å². The maximum absolute atomic E-state index is 2.34. The van der Waals surface area contributed by atoms with E-state index < -0.39 is 0 Å². The van der Waals surface area contributed by atoms with E-state index in [2.05, 4.69) is 35.2 Å². The molecule has 13 heavy (non-hydrogen) atoms. The van der Waals surface area contributed by atoms with E-state index >= 15 is 0 Å². The van der Waals surface area contributed by atoms with E-state index in [1.165, 1.54) is 31.4 Å². The Morgan fingerprint density at radius 1 is 1.31 bits per heavy atom. The van der Waals surface area contributed by atoms with Crippen molar-refractivity contribution in [3.8, 4) is 0 Å². The summed E-state index contributed by atoms with van der Waals surface area (Å²) in [7, 11) is 0. The largest absolute Gasteiger partial charge is 0.327 e. The van der Waals surface area contributed by atoms with Crippen LogP contribution in [-0.4, -0.2) is 4.57 Å². The number of aromatic nitrogens is 1. The smallest absolute Gasteiger partial charge is 0.0290 e. The molecule has 0 bridgehead atoms. The van der Waals surface area contributed by atoms with Crippen LogP contribution in [0.25, 0.3) is 6.20 Å². The van der Waals surface area contributed by atoms with Crippen LogP contribution in [0.3, 0.4) is 0 Å². The third-order valence-electron chi connectivity index (χ3n) is 3.25. The Bertz CT molecular complexity index is 331. The van der Waals surface area contributed by atoms with Crippen molar-refractivity contribution >= 4 is 6.20 Å². The highest BCUT2D eigenvalue weighted by Crippen LogP contribution is 2.38. The van der Waals surface area contributed by atoms with Crippen LogP contribution in [-0.2, 0) is 0 Å². The summed E-state index contributed by atoms with van der Waals surface area (Å²) in [5.74, 6) is 1.77. The van der Waals surface area contributed by atoms with E-state index in [1.54, 1.807) is 0 Å². The van der Waals surface area contributed by atoms with Gasteiger partial charge in [-0.1, -0.05) is 18.9 Å². The number of hydrogen-bond donors (Lipinski definition) is 0. The minimum atomic E-state index is 0.704. The van der Waals surface area contributed by atoms with Crippen molar-refractivity contribution in [3.63, 3.8) is 0 Å². The summed E-state index contributed by atoms with van der Waals surface area (Å²) in [6.07, 6.45) is 12.4. The fourth-order valence-corrected chi connectivity index (χ4v) is 2.22.